The van der Waals surface area contributed by atoms with Crippen LogP contribution in [0.2, 0.25) is 0 Å². The summed E-state index contributed by atoms with van der Waals surface area (Å²) < 4.78 is 0. The largest absolute Gasteiger partial charge is 0.378 e. The van der Waals surface area contributed by atoms with Gasteiger partial charge in [-0.1, -0.05) is 26.0 Å². The Morgan fingerprint density at radius 3 is 2.29 bits per heavy atom. The smallest absolute Gasteiger partial charge is 0.0780 e. The van der Waals surface area contributed by atoms with Gasteiger partial charge in [0, 0.05) is 29.6 Å². The van der Waals surface area contributed by atoms with E-state index in [1.165, 1.54) is 11.3 Å². The summed E-state index contributed by atoms with van der Waals surface area (Å²) in [4.78, 5) is 9.11. The van der Waals surface area contributed by atoms with E-state index in [1.54, 1.807) is 0 Å². The van der Waals surface area contributed by atoms with Crippen molar-refractivity contribution in [2.45, 2.75) is 23.6 Å². The van der Waals surface area contributed by atoms with Gasteiger partial charge in [0.25, 0.3) is 0 Å². The Morgan fingerprint density at radius 1 is 1.00 bits per heavy atom. The fourth-order valence-corrected chi connectivity index (χ4v) is 5.67. The molecule has 2 aromatic rings. The van der Waals surface area contributed by atoms with E-state index in [0.29, 0.717) is 0 Å². The van der Waals surface area contributed by atoms with E-state index in [4.69, 9.17) is 15.7 Å². The molecule has 0 aromatic heterocycles. The third kappa shape index (κ3) is 2.25. The van der Waals surface area contributed by atoms with Crippen molar-refractivity contribution in [3.63, 3.8) is 0 Å². The van der Waals surface area contributed by atoms with Crippen molar-refractivity contribution in [3.05, 3.63) is 48.0 Å². The molecule has 0 radical (unpaired) electrons. The third-order valence-electron chi connectivity index (χ3n) is 3.78. The third-order valence-corrected chi connectivity index (χ3v) is 8.26. The molecule has 0 spiro atoms. The molecule has 1 unspecified atom stereocenters. The lowest BCUT2D eigenvalue weighted by Crippen LogP contribution is -2.08. The molecule has 0 bridgehead atoms. The number of aliphatic imine (C=N–C) groups is 1. The Labute approximate surface area is 132 Å². The van der Waals surface area contributed by atoms with Crippen LogP contribution in [0.1, 0.15) is 12.5 Å². The van der Waals surface area contributed by atoms with E-state index in [2.05, 4.69) is 54.3 Å². The summed E-state index contributed by atoms with van der Waals surface area (Å²) in [5.41, 5.74) is 3.41. The first-order chi connectivity index (χ1) is 9.92. The van der Waals surface area contributed by atoms with Crippen molar-refractivity contribution in [3.8, 4) is 0 Å². The number of benzene rings is 2. The topological polar surface area (TPSA) is 15.6 Å². The van der Waals surface area contributed by atoms with E-state index in [1.807, 2.05) is 21.0 Å². The molecule has 1 heterocycles. The van der Waals surface area contributed by atoms with Crippen molar-refractivity contribution in [1.29, 1.82) is 0 Å². The molecule has 0 aliphatic carbocycles. The van der Waals surface area contributed by atoms with Crippen molar-refractivity contribution in [2.24, 2.45) is 4.99 Å². The van der Waals surface area contributed by atoms with Gasteiger partial charge in [0.05, 0.1) is 10.7 Å². The average Bonchev–Trinajstić information content (AvgIpc) is 2.71. The number of aryl methyl sites for hydroxylation is 1. The molecule has 3 rings (SSSR count). The van der Waals surface area contributed by atoms with Gasteiger partial charge >= 0.3 is 0 Å². The fourth-order valence-electron chi connectivity index (χ4n) is 2.57. The first kappa shape index (κ1) is 14.5. The molecular formula is C17H19ClN2S. The maximum atomic E-state index is 7.10. The molecule has 21 heavy (non-hydrogen) atoms. The molecule has 0 saturated heterocycles. The van der Waals surface area contributed by atoms with Gasteiger partial charge in [-0.3, -0.25) is 0 Å². The number of hydrogen-bond acceptors (Lipinski definition) is 2. The molecule has 0 amide bonds. The van der Waals surface area contributed by atoms with E-state index in [-0.39, 0.29) is 0 Å². The second-order valence-corrected chi connectivity index (χ2v) is 9.49. The molecule has 2 nitrogen and oxygen atoms in total. The lowest BCUT2D eigenvalue weighted by molar-refractivity contribution is 1.13. The van der Waals surface area contributed by atoms with Crippen molar-refractivity contribution < 1.29 is 0 Å². The fraction of sp³-hybridized carbons (Fsp3) is 0.235. The first-order valence-electron chi connectivity index (χ1n) is 6.89. The van der Waals surface area contributed by atoms with Gasteiger partial charge < -0.3 is 4.90 Å². The Hall–Kier alpha value is -1.45. The minimum Gasteiger partial charge on any atom is -0.378 e. The molecule has 110 valence electrons. The summed E-state index contributed by atoms with van der Waals surface area (Å²) in [6.07, 6.45) is 0. The van der Waals surface area contributed by atoms with Crippen LogP contribution in [0, 0.1) is 6.92 Å². The lowest BCUT2D eigenvalue weighted by Gasteiger charge is -2.30. The quantitative estimate of drug-likeness (QED) is 0.713. The zero-order valence-corrected chi connectivity index (χ0v) is 14.3. The summed E-state index contributed by atoms with van der Waals surface area (Å²) >= 11 is 0. The van der Waals surface area contributed by atoms with Crippen molar-refractivity contribution >= 4 is 36.3 Å². The monoisotopic (exact) mass is 318 g/mol. The first-order valence-corrected chi connectivity index (χ1v) is 9.35. The van der Waals surface area contributed by atoms with E-state index < -0.39 is 9.24 Å². The number of rotatable bonds is 2. The van der Waals surface area contributed by atoms with Crippen LogP contribution in [0.3, 0.4) is 0 Å². The summed E-state index contributed by atoms with van der Waals surface area (Å²) in [7, 11) is 9.51. The summed E-state index contributed by atoms with van der Waals surface area (Å²) in [6, 6.07) is 14.9. The van der Waals surface area contributed by atoms with Crippen LogP contribution in [0.25, 0.3) is 0 Å². The minimum atomic E-state index is -1.68. The highest BCUT2D eigenvalue weighted by molar-refractivity contribution is 8.61. The second kappa shape index (κ2) is 5.08. The van der Waals surface area contributed by atoms with Gasteiger partial charge in [-0.15, -0.1) is 0 Å². The molecule has 0 saturated carbocycles. The van der Waals surface area contributed by atoms with Gasteiger partial charge in [-0.25, -0.2) is 4.99 Å². The minimum absolute atomic E-state index is 1.02. The van der Waals surface area contributed by atoms with Crippen LogP contribution < -0.4 is 4.90 Å². The average molecular weight is 319 g/mol. The number of fused-ring (bicyclic) bond motifs is 1. The van der Waals surface area contributed by atoms with Gasteiger partial charge in [0.2, 0.25) is 0 Å². The number of nitrogens with zero attached hydrogens (tertiary/aromatic N) is 2. The van der Waals surface area contributed by atoms with Crippen LogP contribution in [0.5, 0.6) is 0 Å². The zero-order chi connectivity index (χ0) is 15.2. The standard InChI is InChI=1S/C17H19ClN2S/c1-12-5-10-17-16(11-12)19-13(2)21(17,18)15-8-6-14(7-9-15)20(3)4/h5-11H,1-4H3. The maximum Gasteiger partial charge on any atom is 0.0780 e. The molecule has 0 fully saturated rings. The van der Waals surface area contributed by atoms with Crippen molar-refractivity contribution in [1.82, 2.24) is 0 Å². The molecule has 0 N–H and O–H groups in total. The summed E-state index contributed by atoms with van der Waals surface area (Å²) in [5, 5.41) is 1.02. The highest BCUT2D eigenvalue weighted by Gasteiger charge is 2.36. The van der Waals surface area contributed by atoms with E-state index in [9.17, 15) is 0 Å². The molecule has 1 atom stereocenters. The van der Waals surface area contributed by atoms with Crippen LogP contribution in [0.4, 0.5) is 11.4 Å². The lowest BCUT2D eigenvalue weighted by atomic mass is 10.2. The zero-order valence-electron chi connectivity index (χ0n) is 12.7. The highest BCUT2D eigenvalue weighted by Crippen LogP contribution is 2.73. The van der Waals surface area contributed by atoms with E-state index >= 15 is 0 Å². The predicted octanol–water partition coefficient (Wildman–Crippen LogP) is 5.50. The summed E-state index contributed by atoms with van der Waals surface area (Å²) in [5.74, 6) is 0. The Morgan fingerprint density at radius 2 is 1.67 bits per heavy atom. The second-order valence-electron chi connectivity index (χ2n) is 5.53. The van der Waals surface area contributed by atoms with Gasteiger partial charge in [0.15, 0.2) is 0 Å². The van der Waals surface area contributed by atoms with Crippen molar-refractivity contribution in [2.75, 3.05) is 19.0 Å². The number of halogens is 1. The molecule has 1 aliphatic heterocycles. The molecular weight excluding hydrogens is 300 g/mol. The number of anilines is 1. The van der Waals surface area contributed by atoms with Gasteiger partial charge in [-0.05, 0) is 55.8 Å². The van der Waals surface area contributed by atoms with Crippen LogP contribution in [0.15, 0.2) is 57.2 Å². The molecule has 4 heteroatoms. The van der Waals surface area contributed by atoms with Gasteiger partial charge in [0.1, 0.15) is 0 Å². The highest BCUT2D eigenvalue weighted by atomic mass is 35.7. The van der Waals surface area contributed by atoms with Gasteiger partial charge in [-0.2, -0.15) is 0 Å². The predicted molar refractivity (Wildman–Crippen MR) is 94.7 cm³/mol. The summed E-state index contributed by atoms with van der Waals surface area (Å²) in [6.45, 7) is 4.12. The Balaban J connectivity index is 2.11. The number of hydrogen-bond donors (Lipinski definition) is 0. The molecule has 2 aromatic carbocycles. The molecule has 1 aliphatic rings. The van der Waals surface area contributed by atoms with Crippen LogP contribution >= 0.6 is 19.9 Å². The Kier molecular flexibility index (Phi) is 3.50. The SMILES string of the molecule is CC1=Nc2cc(C)ccc2S1(Cl)c1ccc(N(C)C)cc1. The van der Waals surface area contributed by atoms with E-state index in [0.717, 1.165) is 20.5 Å². The maximum absolute atomic E-state index is 7.10. The normalized spacial score (nSPS) is 23.2. The van der Waals surface area contributed by atoms with Crippen LogP contribution in [-0.4, -0.2) is 19.1 Å². The Bertz CT molecular complexity index is 722. The van der Waals surface area contributed by atoms with Crippen LogP contribution in [-0.2, 0) is 0 Å².